The third kappa shape index (κ3) is 3.95. The normalized spacial score (nSPS) is 18.2. The number of nitrogens with zero attached hydrogens (tertiary/aromatic N) is 1. The van der Waals surface area contributed by atoms with Gasteiger partial charge in [-0.25, -0.2) is 4.79 Å². The van der Waals surface area contributed by atoms with E-state index in [1.807, 2.05) is 18.2 Å². The van der Waals surface area contributed by atoms with E-state index in [0.29, 0.717) is 5.92 Å². The van der Waals surface area contributed by atoms with Crippen LogP contribution in [0.5, 0.6) is 0 Å². The van der Waals surface area contributed by atoms with Crippen molar-refractivity contribution in [3.05, 3.63) is 30.1 Å². The molecule has 2 rings (SSSR count). The van der Waals surface area contributed by atoms with E-state index in [9.17, 15) is 4.79 Å². The molecule has 0 aliphatic heterocycles. The summed E-state index contributed by atoms with van der Waals surface area (Å²) in [6.45, 7) is 6.42. The summed E-state index contributed by atoms with van der Waals surface area (Å²) in [6.07, 6.45) is 6.00. The first-order valence-corrected chi connectivity index (χ1v) is 7.48. The van der Waals surface area contributed by atoms with Gasteiger partial charge in [-0.2, -0.15) is 0 Å². The molecule has 110 valence electrons. The molecule has 1 atom stereocenters. The molecule has 4 heteroatoms. The Morgan fingerprint density at radius 2 is 2.15 bits per heavy atom. The van der Waals surface area contributed by atoms with Gasteiger partial charge in [0.05, 0.1) is 11.7 Å². The number of hydrogen-bond donors (Lipinski definition) is 2. The van der Waals surface area contributed by atoms with Gasteiger partial charge in [-0.3, -0.25) is 4.98 Å². The van der Waals surface area contributed by atoms with E-state index in [0.717, 1.165) is 25.0 Å². The third-order valence-electron chi connectivity index (χ3n) is 3.93. The number of carbonyl (C=O) groups is 1. The van der Waals surface area contributed by atoms with Crippen LogP contribution in [0.4, 0.5) is 4.79 Å². The summed E-state index contributed by atoms with van der Waals surface area (Å²) in [5.74, 6) is 0.501. The van der Waals surface area contributed by atoms with Crippen LogP contribution in [0.1, 0.15) is 58.2 Å². The molecule has 0 radical (unpaired) electrons. The maximum absolute atomic E-state index is 12.2. The highest BCUT2D eigenvalue weighted by molar-refractivity contribution is 5.75. The van der Waals surface area contributed by atoms with Gasteiger partial charge in [0.15, 0.2) is 0 Å². The highest BCUT2D eigenvalue weighted by Crippen LogP contribution is 2.31. The van der Waals surface area contributed by atoms with E-state index < -0.39 is 0 Å². The third-order valence-corrected chi connectivity index (χ3v) is 3.93. The van der Waals surface area contributed by atoms with Gasteiger partial charge < -0.3 is 10.6 Å². The fourth-order valence-electron chi connectivity index (χ4n) is 2.61. The van der Waals surface area contributed by atoms with E-state index in [1.165, 1.54) is 6.42 Å². The zero-order valence-electron chi connectivity index (χ0n) is 12.6. The molecule has 2 amide bonds. The van der Waals surface area contributed by atoms with Crippen molar-refractivity contribution in [2.24, 2.45) is 5.92 Å². The van der Waals surface area contributed by atoms with Crippen LogP contribution in [-0.2, 0) is 0 Å². The van der Waals surface area contributed by atoms with E-state index in [1.54, 1.807) is 6.20 Å². The topological polar surface area (TPSA) is 54.0 Å². The Balaban J connectivity index is 1.98. The van der Waals surface area contributed by atoms with Crippen molar-refractivity contribution in [2.45, 2.75) is 58.0 Å². The fraction of sp³-hybridized carbons (Fsp3) is 0.625. The molecule has 0 spiro atoms. The fourth-order valence-corrected chi connectivity index (χ4v) is 2.61. The Bertz CT molecular complexity index is 440. The molecular formula is C16H25N3O. The number of nitrogens with one attached hydrogen (secondary N) is 2. The largest absolute Gasteiger partial charge is 0.333 e. The predicted octanol–water partition coefficient (Wildman–Crippen LogP) is 3.41. The summed E-state index contributed by atoms with van der Waals surface area (Å²) in [7, 11) is 0. The standard InChI is InChI=1S/C16H25N3O/c1-12(2)11-14(13-7-4-5-10-17-13)18-15(20)19-16(3)8-6-9-16/h4-5,7,10,12,14H,6,8-9,11H2,1-3H3,(H2,18,19,20)/t14-/m0/s1. The molecule has 20 heavy (non-hydrogen) atoms. The Morgan fingerprint density at radius 1 is 1.40 bits per heavy atom. The first-order valence-electron chi connectivity index (χ1n) is 7.48. The summed E-state index contributed by atoms with van der Waals surface area (Å²) in [6, 6.07) is 5.72. The second-order valence-corrected chi connectivity index (χ2v) is 6.45. The smallest absolute Gasteiger partial charge is 0.315 e. The molecule has 1 aliphatic carbocycles. The lowest BCUT2D eigenvalue weighted by Crippen LogP contribution is -2.54. The minimum atomic E-state index is -0.0801. The summed E-state index contributed by atoms with van der Waals surface area (Å²) >= 11 is 0. The van der Waals surface area contributed by atoms with Crippen LogP contribution in [0.2, 0.25) is 0 Å². The Hall–Kier alpha value is -1.58. The van der Waals surface area contributed by atoms with Crippen molar-refractivity contribution in [2.75, 3.05) is 0 Å². The maximum Gasteiger partial charge on any atom is 0.315 e. The second-order valence-electron chi connectivity index (χ2n) is 6.45. The Morgan fingerprint density at radius 3 is 2.65 bits per heavy atom. The summed E-state index contributed by atoms with van der Waals surface area (Å²) in [5, 5.41) is 6.16. The molecule has 1 fully saturated rings. The van der Waals surface area contributed by atoms with Crippen molar-refractivity contribution in [3.8, 4) is 0 Å². The SMILES string of the molecule is CC(C)C[C@H](NC(=O)NC1(C)CCC1)c1ccccn1. The number of rotatable bonds is 5. The number of amides is 2. The van der Waals surface area contributed by atoms with Crippen LogP contribution < -0.4 is 10.6 Å². The van der Waals surface area contributed by atoms with Crippen molar-refractivity contribution < 1.29 is 4.79 Å². The van der Waals surface area contributed by atoms with Crippen molar-refractivity contribution in [3.63, 3.8) is 0 Å². The van der Waals surface area contributed by atoms with Gasteiger partial charge in [0.1, 0.15) is 0 Å². The Kier molecular flexibility index (Phi) is 4.63. The van der Waals surface area contributed by atoms with Crippen LogP contribution in [0, 0.1) is 5.92 Å². The molecule has 1 heterocycles. The number of hydrogen-bond acceptors (Lipinski definition) is 2. The molecule has 1 saturated carbocycles. The summed E-state index contributed by atoms with van der Waals surface area (Å²) in [5.41, 5.74) is 0.909. The van der Waals surface area contributed by atoms with Crippen molar-refractivity contribution in [1.82, 2.24) is 15.6 Å². The molecule has 0 unspecified atom stereocenters. The summed E-state index contributed by atoms with van der Waals surface area (Å²) < 4.78 is 0. The minimum absolute atomic E-state index is 0.0173. The van der Waals surface area contributed by atoms with Gasteiger partial charge in [-0.15, -0.1) is 0 Å². The lowest BCUT2D eigenvalue weighted by atomic mass is 9.79. The van der Waals surface area contributed by atoms with E-state index >= 15 is 0 Å². The number of pyridine rings is 1. The molecule has 2 N–H and O–H groups in total. The molecular weight excluding hydrogens is 250 g/mol. The highest BCUT2D eigenvalue weighted by Gasteiger charge is 2.33. The van der Waals surface area contributed by atoms with Gasteiger partial charge in [0, 0.05) is 11.7 Å². The van der Waals surface area contributed by atoms with Crippen LogP contribution in [0.25, 0.3) is 0 Å². The first-order chi connectivity index (χ1) is 9.48. The molecule has 0 bridgehead atoms. The molecule has 1 aromatic heterocycles. The van der Waals surface area contributed by atoms with Crippen LogP contribution >= 0.6 is 0 Å². The quantitative estimate of drug-likeness (QED) is 0.865. The molecule has 1 aliphatic rings. The van der Waals surface area contributed by atoms with Crippen LogP contribution in [0.3, 0.4) is 0 Å². The van der Waals surface area contributed by atoms with Crippen molar-refractivity contribution in [1.29, 1.82) is 0 Å². The molecule has 0 saturated heterocycles. The van der Waals surface area contributed by atoms with Gasteiger partial charge in [0.25, 0.3) is 0 Å². The van der Waals surface area contributed by atoms with E-state index in [-0.39, 0.29) is 17.6 Å². The lowest BCUT2D eigenvalue weighted by molar-refractivity contribution is 0.187. The van der Waals surface area contributed by atoms with Gasteiger partial charge in [-0.05, 0) is 50.7 Å². The van der Waals surface area contributed by atoms with Gasteiger partial charge >= 0.3 is 6.03 Å². The Labute approximate surface area is 121 Å². The van der Waals surface area contributed by atoms with Gasteiger partial charge in [0.2, 0.25) is 0 Å². The average molecular weight is 275 g/mol. The number of aromatic nitrogens is 1. The highest BCUT2D eigenvalue weighted by atomic mass is 16.2. The van der Waals surface area contributed by atoms with E-state index in [2.05, 4.69) is 36.4 Å². The molecule has 1 aromatic rings. The predicted molar refractivity (Wildman–Crippen MR) is 80.4 cm³/mol. The van der Waals surface area contributed by atoms with Gasteiger partial charge in [-0.1, -0.05) is 19.9 Å². The minimum Gasteiger partial charge on any atom is -0.333 e. The molecule has 4 nitrogen and oxygen atoms in total. The first kappa shape index (κ1) is 14.8. The van der Waals surface area contributed by atoms with Crippen molar-refractivity contribution >= 4 is 6.03 Å². The maximum atomic E-state index is 12.2. The lowest BCUT2D eigenvalue weighted by Gasteiger charge is -2.39. The van der Waals surface area contributed by atoms with Crippen LogP contribution in [0.15, 0.2) is 24.4 Å². The molecule has 0 aromatic carbocycles. The van der Waals surface area contributed by atoms with Crippen LogP contribution in [-0.4, -0.2) is 16.6 Å². The zero-order chi connectivity index (χ0) is 14.6. The zero-order valence-corrected chi connectivity index (χ0v) is 12.6. The van der Waals surface area contributed by atoms with E-state index in [4.69, 9.17) is 0 Å². The monoisotopic (exact) mass is 275 g/mol. The number of carbonyl (C=O) groups excluding carboxylic acids is 1. The summed E-state index contributed by atoms with van der Waals surface area (Å²) in [4.78, 5) is 16.5. The number of urea groups is 1. The average Bonchev–Trinajstić information content (AvgIpc) is 2.36. The second kappa shape index (κ2) is 6.25.